The van der Waals surface area contributed by atoms with Crippen LogP contribution < -0.4 is 5.56 Å². The number of carbonyl (C=O) groups is 1. The third-order valence-electron chi connectivity index (χ3n) is 7.04. The zero-order valence-electron chi connectivity index (χ0n) is 15.9. The molecule has 6 heteroatoms. The van der Waals surface area contributed by atoms with Gasteiger partial charge in [0.05, 0.1) is 17.7 Å². The van der Waals surface area contributed by atoms with Gasteiger partial charge in [0.15, 0.2) is 0 Å². The van der Waals surface area contributed by atoms with Crippen molar-refractivity contribution in [3.05, 3.63) is 51.9 Å². The summed E-state index contributed by atoms with van der Waals surface area (Å²) in [4.78, 5) is 35.2. The molecule has 1 saturated heterocycles. The molecule has 2 N–H and O–H groups in total. The molecule has 0 unspecified atom stereocenters. The largest absolute Gasteiger partial charge is 0.395 e. The van der Waals surface area contributed by atoms with Crippen LogP contribution >= 0.6 is 0 Å². The number of H-pyrrole nitrogens is 1. The summed E-state index contributed by atoms with van der Waals surface area (Å²) in [6.07, 6.45) is 4.93. The maximum atomic E-state index is 12.8. The molecule has 1 aromatic heterocycles. The molecular formula is C22H25N3O3. The Bertz CT molecular complexity index is 970. The highest BCUT2D eigenvalue weighted by molar-refractivity contribution is 5.85. The minimum atomic E-state index is -0.506. The SMILES string of the molecule is O=C(N1CCC2(CCc3c2nc(-c2ccccc2)[nH]c3=O)CC1)C1(CO)CC1. The van der Waals surface area contributed by atoms with Gasteiger partial charge in [-0.1, -0.05) is 30.3 Å². The van der Waals surface area contributed by atoms with Crippen LogP contribution in [0.15, 0.2) is 35.1 Å². The number of rotatable bonds is 3. The van der Waals surface area contributed by atoms with E-state index in [-0.39, 0.29) is 23.5 Å². The van der Waals surface area contributed by atoms with Crippen LogP contribution in [-0.2, 0) is 16.6 Å². The number of likely N-dealkylation sites (tertiary alicyclic amines) is 1. The second kappa shape index (κ2) is 6.27. The summed E-state index contributed by atoms with van der Waals surface area (Å²) >= 11 is 0. The molecule has 2 aromatic rings. The second-order valence-electron chi connectivity index (χ2n) is 8.62. The number of carbonyl (C=O) groups excluding carboxylic acids is 1. The summed E-state index contributed by atoms with van der Waals surface area (Å²) in [7, 11) is 0. The summed E-state index contributed by atoms with van der Waals surface area (Å²) in [6.45, 7) is 1.30. The van der Waals surface area contributed by atoms with E-state index in [4.69, 9.17) is 4.98 Å². The minimum absolute atomic E-state index is 0.0311. The summed E-state index contributed by atoms with van der Waals surface area (Å²) in [6, 6.07) is 9.74. The van der Waals surface area contributed by atoms with Crippen LogP contribution in [0.1, 0.15) is 43.4 Å². The Morgan fingerprint density at radius 3 is 2.46 bits per heavy atom. The van der Waals surface area contributed by atoms with Gasteiger partial charge in [-0.2, -0.15) is 0 Å². The summed E-state index contributed by atoms with van der Waals surface area (Å²) in [5.41, 5.74) is 2.01. The molecule has 1 aromatic carbocycles. The molecule has 0 atom stereocenters. The van der Waals surface area contributed by atoms with Crippen LogP contribution in [-0.4, -0.2) is 45.6 Å². The molecule has 2 heterocycles. The number of hydrogen-bond acceptors (Lipinski definition) is 4. The fraction of sp³-hybridized carbons (Fsp3) is 0.500. The first-order chi connectivity index (χ1) is 13.6. The van der Waals surface area contributed by atoms with E-state index in [1.54, 1.807) is 0 Å². The quantitative estimate of drug-likeness (QED) is 0.854. The van der Waals surface area contributed by atoms with Crippen molar-refractivity contribution >= 4 is 5.91 Å². The molecule has 28 heavy (non-hydrogen) atoms. The van der Waals surface area contributed by atoms with Crippen molar-refractivity contribution in [2.24, 2.45) is 5.41 Å². The second-order valence-corrected chi connectivity index (χ2v) is 8.62. The van der Waals surface area contributed by atoms with Gasteiger partial charge in [0.25, 0.3) is 5.56 Å². The van der Waals surface area contributed by atoms with Crippen molar-refractivity contribution in [3.8, 4) is 11.4 Å². The van der Waals surface area contributed by atoms with Crippen molar-refractivity contribution in [3.63, 3.8) is 0 Å². The standard InChI is InChI=1S/C22H25N3O3/c26-14-22(8-9-22)20(28)25-12-10-21(11-13-25)7-6-16-17(21)23-18(24-19(16)27)15-4-2-1-3-5-15/h1-5,26H,6-14H2,(H,23,24,27). The van der Waals surface area contributed by atoms with Gasteiger partial charge in [0.2, 0.25) is 5.91 Å². The maximum absolute atomic E-state index is 12.8. The monoisotopic (exact) mass is 379 g/mol. The average molecular weight is 379 g/mol. The van der Waals surface area contributed by atoms with E-state index >= 15 is 0 Å². The van der Waals surface area contributed by atoms with E-state index in [0.717, 1.165) is 55.3 Å². The Hall–Kier alpha value is -2.47. The van der Waals surface area contributed by atoms with Gasteiger partial charge in [-0.3, -0.25) is 9.59 Å². The van der Waals surface area contributed by atoms with Gasteiger partial charge in [0.1, 0.15) is 5.82 Å². The number of nitrogens with zero attached hydrogens (tertiary/aromatic N) is 2. The highest BCUT2D eigenvalue weighted by Gasteiger charge is 2.53. The number of benzene rings is 1. The van der Waals surface area contributed by atoms with Crippen LogP contribution in [0.3, 0.4) is 0 Å². The van der Waals surface area contributed by atoms with Crippen LogP contribution in [0.25, 0.3) is 11.4 Å². The molecule has 146 valence electrons. The van der Waals surface area contributed by atoms with E-state index < -0.39 is 5.41 Å². The van der Waals surface area contributed by atoms with Crippen molar-refractivity contribution in [1.29, 1.82) is 0 Å². The van der Waals surface area contributed by atoms with E-state index in [2.05, 4.69) is 4.98 Å². The molecule has 1 aliphatic heterocycles. The van der Waals surface area contributed by atoms with Gasteiger partial charge in [-0.25, -0.2) is 4.98 Å². The first kappa shape index (κ1) is 17.6. The molecule has 2 aliphatic carbocycles. The highest BCUT2D eigenvalue weighted by atomic mass is 16.3. The first-order valence-electron chi connectivity index (χ1n) is 10.2. The maximum Gasteiger partial charge on any atom is 0.254 e. The smallest absolute Gasteiger partial charge is 0.254 e. The number of aromatic amines is 1. The molecule has 1 amide bonds. The highest BCUT2D eigenvalue weighted by Crippen LogP contribution is 2.49. The topological polar surface area (TPSA) is 86.3 Å². The predicted molar refractivity (Wildman–Crippen MR) is 105 cm³/mol. The lowest BCUT2D eigenvalue weighted by molar-refractivity contribution is -0.140. The summed E-state index contributed by atoms with van der Waals surface area (Å²) in [5, 5.41) is 9.57. The fourth-order valence-electron chi connectivity index (χ4n) is 4.93. The summed E-state index contributed by atoms with van der Waals surface area (Å²) < 4.78 is 0. The average Bonchev–Trinajstić information content (AvgIpc) is 3.47. The van der Waals surface area contributed by atoms with Crippen LogP contribution in [0.5, 0.6) is 0 Å². The molecule has 0 radical (unpaired) electrons. The number of aliphatic hydroxyl groups is 1. The predicted octanol–water partition coefficient (Wildman–Crippen LogP) is 2.02. The van der Waals surface area contributed by atoms with Crippen LogP contribution in [0.4, 0.5) is 0 Å². The van der Waals surface area contributed by atoms with Gasteiger partial charge in [-0.05, 0) is 38.5 Å². The van der Waals surface area contributed by atoms with Gasteiger partial charge >= 0.3 is 0 Å². The third-order valence-corrected chi connectivity index (χ3v) is 7.04. The number of hydrogen-bond donors (Lipinski definition) is 2. The zero-order valence-corrected chi connectivity index (χ0v) is 15.9. The van der Waals surface area contributed by atoms with E-state index in [1.165, 1.54) is 0 Å². The number of fused-ring (bicyclic) bond motifs is 2. The Morgan fingerprint density at radius 2 is 1.82 bits per heavy atom. The Balaban J connectivity index is 1.43. The van der Waals surface area contributed by atoms with Crippen molar-refractivity contribution in [2.75, 3.05) is 19.7 Å². The fourth-order valence-corrected chi connectivity index (χ4v) is 4.93. The normalized spacial score (nSPS) is 21.5. The van der Waals surface area contributed by atoms with E-state index in [1.807, 2.05) is 35.2 Å². The molecule has 5 rings (SSSR count). The lowest BCUT2D eigenvalue weighted by Crippen LogP contribution is -2.48. The first-order valence-corrected chi connectivity index (χ1v) is 10.2. The van der Waals surface area contributed by atoms with Crippen molar-refractivity contribution in [1.82, 2.24) is 14.9 Å². The molecule has 0 bridgehead atoms. The number of amides is 1. The number of aliphatic hydroxyl groups excluding tert-OH is 1. The molecule has 6 nitrogen and oxygen atoms in total. The lowest BCUT2D eigenvalue weighted by Gasteiger charge is -2.40. The third kappa shape index (κ3) is 2.62. The minimum Gasteiger partial charge on any atom is -0.395 e. The zero-order chi connectivity index (χ0) is 19.4. The van der Waals surface area contributed by atoms with Crippen molar-refractivity contribution < 1.29 is 9.90 Å². The molecule has 1 saturated carbocycles. The van der Waals surface area contributed by atoms with Crippen molar-refractivity contribution in [2.45, 2.75) is 43.9 Å². The molecule has 1 spiro atoms. The van der Waals surface area contributed by atoms with Crippen LogP contribution in [0.2, 0.25) is 0 Å². The Morgan fingerprint density at radius 1 is 1.11 bits per heavy atom. The number of aromatic nitrogens is 2. The Kier molecular flexibility index (Phi) is 3.95. The Labute approximate surface area is 163 Å². The lowest BCUT2D eigenvalue weighted by atomic mass is 9.76. The molecular weight excluding hydrogens is 354 g/mol. The molecule has 2 fully saturated rings. The molecule has 3 aliphatic rings. The van der Waals surface area contributed by atoms with E-state index in [9.17, 15) is 14.7 Å². The number of nitrogens with one attached hydrogen (secondary N) is 1. The van der Waals surface area contributed by atoms with E-state index in [0.29, 0.717) is 18.9 Å². The number of piperidine rings is 1. The van der Waals surface area contributed by atoms with Gasteiger partial charge < -0.3 is 15.0 Å². The summed E-state index contributed by atoms with van der Waals surface area (Å²) in [5.74, 6) is 0.730. The van der Waals surface area contributed by atoms with Crippen LogP contribution in [0, 0.1) is 5.41 Å². The van der Waals surface area contributed by atoms with Gasteiger partial charge in [0, 0.05) is 29.6 Å². The van der Waals surface area contributed by atoms with Gasteiger partial charge in [-0.15, -0.1) is 0 Å².